The molecule has 0 unspecified atom stereocenters. The van der Waals surface area contributed by atoms with Gasteiger partial charge < -0.3 is 0 Å². The molecule has 0 aromatic heterocycles. The van der Waals surface area contributed by atoms with Gasteiger partial charge in [-0.2, -0.15) is 0 Å². The van der Waals surface area contributed by atoms with E-state index < -0.39 is 0 Å². The SMILES string of the molecule is Cc1ccc(-c2ccc(Br)c(C)c2)c(C)c1. The maximum atomic E-state index is 3.53. The fourth-order valence-corrected chi connectivity index (χ4v) is 2.20. The summed E-state index contributed by atoms with van der Waals surface area (Å²) >= 11 is 3.53. The molecule has 2 aromatic carbocycles. The Bertz CT molecular complexity index is 527. The van der Waals surface area contributed by atoms with Crippen molar-refractivity contribution >= 4 is 15.9 Å². The molecule has 0 saturated carbocycles. The first-order valence-corrected chi connectivity index (χ1v) is 6.21. The van der Waals surface area contributed by atoms with Crippen LogP contribution in [0.2, 0.25) is 0 Å². The smallest absolute Gasteiger partial charge is 0.0204 e. The van der Waals surface area contributed by atoms with E-state index in [9.17, 15) is 0 Å². The van der Waals surface area contributed by atoms with E-state index in [2.05, 4.69) is 73.1 Å². The molecule has 0 nitrogen and oxygen atoms in total. The Hall–Kier alpha value is -1.08. The van der Waals surface area contributed by atoms with Crippen LogP contribution in [0.25, 0.3) is 11.1 Å². The van der Waals surface area contributed by atoms with Crippen molar-refractivity contribution in [2.75, 3.05) is 0 Å². The maximum absolute atomic E-state index is 3.53. The maximum Gasteiger partial charge on any atom is 0.0204 e. The predicted octanol–water partition coefficient (Wildman–Crippen LogP) is 5.04. The van der Waals surface area contributed by atoms with Crippen molar-refractivity contribution in [1.82, 2.24) is 0 Å². The fourth-order valence-electron chi connectivity index (χ4n) is 1.95. The van der Waals surface area contributed by atoms with Crippen molar-refractivity contribution in [3.63, 3.8) is 0 Å². The van der Waals surface area contributed by atoms with E-state index in [1.54, 1.807) is 0 Å². The van der Waals surface area contributed by atoms with Crippen molar-refractivity contribution < 1.29 is 0 Å². The van der Waals surface area contributed by atoms with Gasteiger partial charge in [0, 0.05) is 4.47 Å². The van der Waals surface area contributed by atoms with Crippen LogP contribution in [0.3, 0.4) is 0 Å². The average molecular weight is 275 g/mol. The zero-order valence-corrected chi connectivity index (χ0v) is 11.4. The normalized spacial score (nSPS) is 10.5. The minimum atomic E-state index is 1.17. The van der Waals surface area contributed by atoms with Crippen molar-refractivity contribution in [2.45, 2.75) is 20.8 Å². The number of halogens is 1. The van der Waals surface area contributed by atoms with Gasteiger partial charge in [0.15, 0.2) is 0 Å². The average Bonchev–Trinajstić information content (AvgIpc) is 2.22. The van der Waals surface area contributed by atoms with Crippen molar-refractivity contribution in [3.05, 3.63) is 57.6 Å². The Labute approximate surface area is 105 Å². The van der Waals surface area contributed by atoms with Gasteiger partial charge in [-0.05, 0) is 49.1 Å². The Morgan fingerprint density at radius 2 is 1.56 bits per heavy atom. The quantitative estimate of drug-likeness (QED) is 0.683. The van der Waals surface area contributed by atoms with E-state index in [4.69, 9.17) is 0 Å². The summed E-state index contributed by atoms with van der Waals surface area (Å²) in [5.41, 5.74) is 6.54. The summed E-state index contributed by atoms with van der Waals surface area (Å²) in [4.78, 5) is 0. The largest absolute Gasteiger partial charge is 0.0587 e. The van der Waals surface area contributed by atoms with Gasteiger partial charge in [0.05, 0.1) is 0 Å². The van der Waals surface area contributed by atoms with Crippen LogP contribution in [0.4, 0.5) is 0 Å². The van der Waals surface area contributed by atoms with E-state index >= 15 is 0 Å². The Morgan fingerprint density at radius 1 is 0.812 bits per heavy atom. The monoisotopic (exact) mass is 274 g/mol. The Balaban J connectivity index is 2.54. The number of benzene rings is 2. The minimum Gasteiger partial charge on any atom is -0.0587 e. The summed E-state index contributed by atoms with van der Waals surface area (Å²) < 4.78 is 1.17. The van der Waals surface area contributed by atoms with Crippen LogP contribution in [-0.2, 0) is 0 Å². The Kier molecular flexibility index (Phi) is 3.15. The van der Waals surface area contributed by atoms with Crippen LogP contribution >= 0.6 is 15.9 Å². The molecule has 0 bridgehead atoms. The lowest BCUT2D eigenvalue weighted by atomic mass is 9.98. The molecule has 0 aliphatic heterocycles. The van der Waals surface area contributed by atoms with E-state index in [0.717, 1.165) is 0 Å². The first-order valence-electron chi connectivity index (χ1n) is 5.42. The minimum absolute atomic E-state index is 1.17. The molecular formula is C15H15Br. The second-order valence-electron chi connectivity index (χ2n) is 4.28. The van der Waals surface area contributed by atoms with Crippen LogP contribution < -0.4 is 0 Å². The van der Waals surface area contributed by atoms with Gasteiger partial charge in [-0.1, -0.05) is 51.8 Å². The molecule has 0 saturated heterocycles. The second kappa shape index (κ2) is 4.42. The van der Waals surface area contributed by atoms with Crippen LogP contribution in [0.1, 0.15) is 16.7 Å². The molecule has 0 aliphatic carbocycles. The third kappa shape index (κ3) is 2.19. The number of rotatable bonds is 1. The molecule has 0 heterocycles. The highest BCUT2D eigenvalue weighted by molar-refractivity contribution is 9.10. The highest BCUT2D eigenvalue weighted by Gasteiger charge is 2.03. The van der Waals surface area contributed by atoms with Gasteiger partial charge in [-0.25, -0.2) is 0 Å². The van der Waals surface area contributed by atoms with Crippen LogP contribution in [0.5, 0.6) is 0 Å². The van der Waals surface area contributed by atoms with E-state index in [-0.39, 0.29) is 0 Å². The van der Waals surface area contributed by atoms with Gasteiger partial charge in [-0.15, -0.1) is 0 Å². The standard InChI is InChI=1S/C15H15Br/c1-10-4-6-14(11(2)8-10)13-5-7-15(16)12(3)9-13/h4-9H,1-3H3. The fraction of sp³-hybridized carbons (Fsp3) is 0.200. The highest BCUT2D eigenvalue weighted by Crippen LogP contribution is 2.27. The number of hydrogen-bond acceptors (Lipinski definition) is 0. The summed E-state index contributed by atoms with van der Waals surface area (Å²) in [5, 5.41) is 0. The van der Waals surface area contributed by atoms with E-state index in [0.29, 0.717) is 0 Å². The summed E-state index contributed by atoms with van der Waals surface area (Å²) in [6.07, 6.45) is 0. The lowest BCUT2D eigenvalue weighted by Gasteiger charge is -2.08. The molecule has 0 radical (unpaired) electrons. The molecule has 82 valence electrons. The van der Waals surface area contributed by atoms with E-state index in [1.165, 1.54) is 32.3 Å². The van der Waals surface area contributed by atoms with Crippen LogP contribution in [-0.4, -0.2) is 0 Å². The van der Waals surface area contributed by atoms with Crippen molar-refractivity contribution in [3.8, 4) is 11.1 Å². The molecule has 0 spiro atoms. The summed E-state index contributed by atoms with van der Waals surface area (Å²) in [6.45, 7) is 6.42. The second-order valence-corrected chi connectivity index (χ2v) is 5.14. The topological polar surface area (TPSA) is 0 Å². The molecule has 0 atom stereocenters. The van der Waals surface area contributed by atoms with Crippen LogP contribution in [0, 0.1) is 20.8 Å². The Morgan fingerprint density at radius 3 is 2.19 bits per heavy atom. The van der Waals surface area contributed by atoms with Gasteiger partial charge in [0.2, 0.25) is 0 Å². The summed E-state index contributed by atoms with van der Waals surface area (Å²) in [6, 6.07) is 13.1. The molecule has 0 aliphatic rings. The first kappa shape index (κ1) is 11.4. The third-order valence-electron chi connectivity index (χ3n) is 2.85. The zero-order chi connectivity index (χ0) is 11.7. The number of aryl methyl sites for hydroxylation is 3. The lowest BCUT2D eigenvalue weighted by Crippen LogP contribution is -1.86. The molecule has 0 amide bonds. The van der Waals surface area contributed by atoms with Gasteiger partial charge in [0.25, 0.3) is 0 Å². The van der Waals surface area contributed by atoms with Gasteiger partial charge in [-0.3, -0.25) is 0 Å². The number of hydrogen-bond donors (Lipinski definition) is 0. The van der Waals surface area contributed by atoms with Crippen molar-refractivity contribution in [1.29, 1.82) is 0 Å². The molecule has 0 fully saturated rings. The first-order chi connectivity index (χ1) is 7.58. The molecule has 2 rings (SSSR count). The van der Waals surface area contributed by atoms with Gasteiger partial charge in [0.1, 0.15) is 0 Å². The molecule has 2 aromatic rings. The van der Waals surface area contributed by atoms with E-state index in [1.807, 2.05) is 0 Å². The predicted molar refractivity (Wildman–Crippen MR) is 73.8 cm³/mol. The summed E-state index contributed by atoms with van der Waals surface area (Å²) in [7, 11) is 0. The third-order valence-corrected chi connectivity index (χ3v) is 3.74. The molecule has 16 heavy (non-hydrogen) atoms. The molecule has 1 heteroatoms. The van der Waals surface area contributed by atoms with Crippen molar-refractivity contribution in [2.24, 2.45) is 0 Å². The zero-order valence-electron chi connectivity index (χ0n) is 9.84. The van der Waals surface area contributed by atoms with Gasteiger partial charge >= 0.3 is 0 Å². The highest BCUT2D eigenvalue weighted by atomic mass is 79.9. The molecule has 0 N–H and O–H groups in total. The van der Waals surface area contributed by atoms with Crippen LogP contribution in [0.15, 0.2) is 40.9 Å². The lowest BCUT2D eigenvalue weighted by molar-refractivity contribution is 1.37. The molecular weight excluding hydrogens is 260 g/mol. The summed E-state index contributed by atoms with van der Waals surface area (Å²) in [5.74, 6) is 0.